The number of rotatable bonds is 5. The van der Waals surface area contributed by atoms with Gasteiger partial charge in [-0.3, -0.25) is 4.72 Å². The Balaban J connectivity index is 2.83. The minimum absolute atomic E-state index is 0.317. The summed E-state index contributed by atoms with van der Waals surface area (Å²) in [7, 11) is -7.02. The quantitative estimate of drug-likeness (QED) is 0.759. The van der Waals surface area contributed by atoms with E-state index in [1.807, 2.05) is 0 Å². The smallest absolute Gasteiger partial charge is 0.233 e. The summed E-state index contributed by atoms with van der Waals surface area (Å²) in [4.78, 5) is 0. The van der Waals surface area contributed by atoms with E-state index < -0.39 is 31.4 Å². The first-order valence-corrected chi connectivity index (χ1v) is 9.33. The Morgan fingerprint density at radius 2 is 1.83 bits per heavy atom. The van der Waals surface area contributed by atoms with Crippen LogP contribution in [0, 0.1) is 0 Å². The molecule has 9 heteroatoms. The second kappa shape index (κ2) is 5.45. The minimum Gasteiger partial charge on any atom is -0.399 e. The Labute approximate surface area is 115 Å². The number of sulfone groups is 1. The Hall–Kier alpha value is -0.800. The van der Waals surface area contributed by atoms with Crippen LogP contribution >= 0.6 is 15.9 Å². The molecule has 0 aliphatic rings. The molecule has 18 heavy (non-hydrogen) atoms. The van der Waals surface area contributed by atoms with E-state index in [0.717, 1.165) is 6.26 Å². The topological polar surface area (TPSA) is 106 Å². The molecule has 3 N–H and O–H groups in total. The van der Waals surface area contributed by atoms with Crippen molar-refractivity contribution in [3.63, 3.8) is 0 Å². The van der Waals surface area contributed by atoms with Crippen molar-refractivity contribution < 1.29 is 16.8 Å². The van der Waals surface area contributed by atoms with Crippen LogP contribution in [0.15, 0.2) is 22.7 Å². The molecule has 0 aliphatic carbocycles. The number of benzene rings is 1. The number of hydrogen-bond acceptors (Lipinski definition) is 5. The fourth-order valence-electron chi connectivity index (χ4n) is 1.09. The lowest BCUT2D eigenvalue weighted by Gasteiger charge is -2.09. The molecule has 0 bridgehead atoms. The predicted molar refractivity (Wildman–Crippen MR) is 75.7 cm³/mol. The molecule has 0 fully saturated rings. The van der Waals surface area contributed by atoms with E-state index in [0.29, 0.717) is 15.8 Å². The van der Waals surface area contributed by atoms with Gasteiger partial charge in [0.25, 0.3) is 0 Å². The van der Waals surface area contributed by atoms with Crippen LogP contribution in [0.2, 0.25) is 0 Å². The number of hydrogen-bond donors (Lipinski definition) is 2. The maximum Gasteiger partial charge on any atom is 0.233 e. The van der Waals surface area contributed by atoms with E-state index >= 15 is 0 Å². The van der Waals surface area contributed by atoms with Gasteiger partial charge in [0.05, 0.1) is 17.2 Å². The summed E-state index contributed by atoms with van der Waals surface area (Å²) in [5, 5.41) is 0. The number of anilines is 2. The van der Waals surface area contributed by atoms with Crippen molar-refractivity contribution in [2.24, 2.45) is 0 Å². The fraction of sp³-hybridized carbons (Fsp3) is 0.333. The van der Waals surface area contributed by atoms with Gasteiger partial charge >= 0.3 is 0 Å². The zero-order chi connectivity index (χ0) is 14.0. The van der Waals surface area contributed by atoms with Crippen molar-refractivity contribution >= 4 is 47.2 Å². The summed E-state index contributed by atoms with van der Waals surface area (Å²) < 4.78 is 47.9. The molecule has 0 spiro atoms. The summed E-state index contributed by atoms with van der Waals surface area (Å²) >= 11 is 3.17. The SMILES string of the molecule is CS(=O)(=O)CCS(=O)(=O)Nc1ccc(N)cc1Br. The molecule has 1 aromatic rings. The molecular weight excluding hydrogens is 344 g/mol. The summed E-state index contributed by atoms with van der Waals surface area (Å²) in [6.07, 6.45) is 0.988. The summed E-state index contributed by atoms with van der Waals surface area (Å²) in [6.45, 7) is 0. The van der Waals surface area contributed by atoms with Crippen LogP contribution in [0.4, 0.5) is 11.4 Å². The lowest BCUT2D eigenvalue weighted by atomic mass is 10.3. The molecule has 0 heterocycles. The number of nitrogens with two attached hydrogens (primary N) is 1. The third-order valence-corrected chi connectivity index (χ3v) is 5.11. The zero-order valence-electron chi connectivity index (χ0n) is 9.55. The Morgan fingerprint density at radius 1 is 1.22 bits per heavy atom. The molecular formula is C9H13BrN2O4S2. The number of halogens is 1. The van der Waals surface area contributed by atoms with Crippen molar-refractivity contribution in [1.82, 2.24) is 0 Å². The van der Waals surface area contributed by atoms with Gasteiger partial charge in [-0.15, -0.1) is 0 Å². The van der Waals surface area contributed by atoms with Crippen LogP contribution in [0.3, 0.4) is 0 Å². The normalized spacial score (nSPS) is 12.3. The molecule has 0 unspecified atom stereocenters. The lowest BCUT2D eigenvalue weighted by molar-refractivity contribution is 0.593. The van der Waals surface area contributed by atoms with Gasteiger partial charge in [-0.2, -0.15) is 0 Å². The lowest BCUT2D eigenvalue weighted by Crippen LogP contribution is -2.22. The number of nitrogen functional groups attached to an aromatic ring is 1. The van der Waals surface area contributed by atoms with E-state index in [4.69, 9.17) is 5.73 Å². The van der Waals surface area contributed by atoms with Crippen molar-refractivity contribution in [2.45, 2.75) is 0 Å². The number of nitrogens with one attached hydrogen (secondary N) is 1. The summed E-state index contributed by atoms with van der Waals surface area (Å²) in [5.41, 5.74) is 6.32. The Bertz CT molecular complexity index is 641. The van der Waals surface area contributed by atoms with Gasteiger partial charge in [0.15, 0.2) is 0 Å². The van der Waals surface area contributed by atoms with Crippen LogP contribution in [0.1, 0.15) is 0 Å². The van der Waals surface area contributed by atoms with Crippen LogP contribution in [-0.2, 0) is 19.9 Å². The van der Waals surface area contributed by atoms with Crippen LogP contribution in [-0.4, -0.2) is 34.6 Å². The minimum atomic E-state index is -3.70. The molecule has 0 saturated heterocycles. The molecule has 0 radical (unpaired) electrons. The maximum atomic E-state index is 11.7. The van der Waals surface area contributed by atoms with Gasteiger partial charge in [0, 0.05) is 16.4 Å². The van der Waals surface area contributed by atoms with Gasteiger partial charge in [-0.25, -0.2) is 16.8 Å². The highest BCUT2D eigenvalue weighted by Crippen LogP contribution is 2.25. The Kier molecular flexibility index (Phi) is 4.62. The third kappa shape index (κ3) is 5.23. The first kappa shape index (κ1) is 15.3. The standard InChI is InChI=1S/C9H13BrN2O4S2/c1-17(13,14)4-5-18(15,16)12-9-3-2-7(11)6-8(9)10/h2-3,6,12H,4-5,11H2,1H3. The van der Waals surface area contributed by atoms with Crippen LogP contribution < -0.4 is 10.5 Å². The molecule has 1 rings (SSSR count). The highest BCUT2D eigenvalue weighted by atomic mass is 79.9. The second-order valence-electron chi connectivity index (χ2n) is 3.79. The molecule has 0 aromatic heterocycles. The van der Waals surface area contributed by atoms with E-state index in [1.165, 1.54) is 6.07 Å². The van der Waals surface area contributed by atoms with Gasteiger partial charge in [0.1, 0.15) is 9.84 Å². The highest BCUT2D eigenvalue weighted by Gasteiger charge is 2.15. The van der Waals surface area contributed by atoms with Crippen molar-refractivity contribution in [2.75, 3.05) is 28.2 Å². The van der Waals surface area contributed by atoms with Crippen molar-refractivity contribution in [3.8, 4) is 0 Å². The first-order chi connectivity index (χ1) is 8.09. The van der Waals surface area contributed by atoms with E-state index in [1.54, 1.807) is 12.1 Å². The van der Waals surface area contributed by atoms with Gasteiger partial charge in [-0.05, 0) is 34.1 Å². The number of sulfonamides is 1. The summed E-state index contributed by atoms with van der Waals surface area (Å²) in [5.74, 6) is -0.905. The maximum absolute atomic E-state index is 11.7. The molecule has 6 nitrogen and oxygen atoms in total. The summed E-state index contributed by atoms with van der Waals surface area (Å²) in [6, 6.07) is 4.59. The fourth-order valence-corrected chi connectivity index (χ4v) is 4.42. The third-order valence-electron chi connectivity index (χ3n) is 1.98. The van der Waals surface area contributed by atoms with Gasteiger partial charge < -0.3 is 5.73 Å². The Morgan fingerprint density at radius 3 is 2.33 bits per heavy atom. The van der Waals surface area contributed by atoms with Crippen molar-refractivity contribution in [1.29, 1.82) is 0 Å². The van der Waals surface area contributed by atoms with E-state index in [9.17, 15) is 16.8 Å². The first-order valence-electron chi connectivity index (χ1n) is 4.82. The zero-order valence-corrected chi connectivity index (χ0v) is 12.8. The molecule has 0 amide bonds. The molecule has 102 valence electrons. The average Bonchev–Trinajstić information content (AvgIpc) is 2.19. The van der Waals surface area contributed by atoms with Crippen molar-refractivity contribution in [3.05, 3.63) is 22.7 Å². The molecule has 1 aromatic carbocycles. The predicted octanol–water partition coefficient (Wildman–Crippen LogP) is 0.818. The van der Waals surface area contributed by atoms with E-state index in [-0.39, 0.29) is 0 Å². The van der Waals surface area contributed by atoms with E-state index in [2.05, 4.69) is 20.7 Å². The second-order valence-corrected chi connectivity index (χ2v) is 8.75. The van der Waals surface area contributed by atoms with Crippen LogP contribution in [0.25, 0.3) is 0 Å². The molecule has 0 aliphatic heterocycles. The highest BCUT2D eigenvalue weighted by molar-refractivity contribution is 9.10. The monoisotopic (exact) mass is 356 g/mol. The molecule has 0 saturated carbocycles. The van der Waals surface area contributed by atoms with Gasteiger partial charge in [0.2, 0.25) is 10.0 Å². The van der Waals surface area contributed by atoms with Crippen LogP contribution in [0.5, 0.6) is 0 Å². The van der Waals surface area contributed by atoms with Gasteiger partial charge in [-0.1, -0.05) is 0 Å². The largest absolute Gasteiger partial charge is 0.399 e. The molecule has 0 atom stereocenters. The average molecular weight is 357 g/mol.